The first kappa shape index (κ1) is 13.2. The van der Waals surface area contributed by atoms with E-state index in [2.05, 4.69) is 16.7 Å². The van der Waals surface area contributed by atoms with Gasteiger partial charge in [-0.2, -0.15) is 0 Å². The summed E-state index contributed by atoms with van der Waals surface area (Å²) in [5.41, 5.74) is 9.68. The minimum absolute atomic E-state index is 0.0657. The Morgan fingerprint density at radius 2 is 2.30 bits per heavy atom. The Morgan fingerprint density at radius 3 is 3.10 bits per heavy atom. The van der Waals surface area contributed by atoms with Gasteiger partial charge in [-0.3, -0.25) is 4.79 Å². The minimum atomic E-state index is 0.0657. The number of hydrogen-bond donors (Lipinski definition) is 3. The fourth-order valence-corrected chi connectivity index (χ4v) is 2.84. The van der Waals surface area contributed by atoms with E-state index >= 15 is 0 Å². The second kappa shape index (κ2) is 5.71. The highest BCUT2D eigenvalue weighted by Crippen LogP contribution is 2.31. The standard InChI is InChI=1S/C15H21N3O2/c16-12-9-13-10(3-4-15(19)18-13)8-14(12)17-6-5-11-2-1-7-20-11/h8-9,11,17H,1-7,16H2,(H,18,19). The van der Waals surface area contributed by atoms with Gasteiger partial charge in [-0.05, 0) is 43.4 Å². The van der Waals surface area contributed by atoms with E-state index < -0.39 is 0 Å². The monoisotopic (exact) mass is 275 g/mol. The number of nitrogens with one attached hydrogen (secondary N) is 2. The molecule has 1 fully saturated rings. The SMILES string of the molecule is Nc1cc2c(cc1NCCC1CCCO1)CCC(=O)N2. The van der Waals surface area contributed by atoms with E-state index in [4.69, 9.17) is 10.5 Å². The molecule has 5 heteroatoms. The average Bonchev–Trinajstić information content (AvgIpc) is 2.93. The maximum atomic E-state index is 11.4. The van der Waals surface area contributed by atoms with E-state index in [9.17, 15) is 4.79 Å². The van der Waals surface area contributed by atoms with Crippen molar-refractivity contribution >= 4 is 23.0 Å². The molecule has 1 saturated heterocycles. The van der Waals surface area contributed by atoms with Crippen molar-refractivity contribution in [3.8, 4) is 0 Å². The predicted molar refractivity (Wildman–Crippen MR) is 79.9 cm³/mol. The quantitative estimate of drug-likeness (QED) is 0.736. The van der Waals surface area contributed by atoms with Crippen LogP contribution < -0.4 is 16.4 Å². The lowest BCUT2D eigenvalue weighted by atomic mass is 10.0. The number of fused-ring (bicyclic) bond motifs is 1. The number of hydrogen-bond acceptors (Lipinski definition) is 4. The molecule has 2 aliphatic rings. The van der Waals surface area contributed by atoms with Crippen molar-refractivity contribution < 1.29 is 9.53 Å². The number of nitrogen functional groups attached to an aromatic ring is 1. The summed E-state index contributed by atoms with van der Waals surface area (Å²) in [6, 6.07) is 3.90. The van der Waals surface area contributed by atoms with Crippen LogP contribution in [0, 0.1) is 0 Å². The fourth-order valence-electron chi connectivity index (χ4n) is 2.84. The van der Waals surface area contributed by atoms with Gasteiger partial charge >= 0.3 is 0 Å². The summed E-state index contributed by atoms with van der Waals surface area (Å²) in [6.07, 6.45) is 5.06. The van der Waals surface area contributed by atoms with Crippen LogP contribution in [0.5, 0.6) is 0 Å². The van der Waals surface area contributed by atoms with Crippen molar-refractivity contribution in [2.24, 2.45) is 0 Å². The Labute approximate surface area is 118 Å². The first-order valence-corrected chi connectivity index (χ1v) is 7.30. The molecule has 0 spiro atoms. The number of amides is 1. The second-order valence-electron chi connectivity index (χ2n) is 5.50. The van der Waals surface area contributed by atoms with E-state index in [1.807, 2.05) is 6.07 Å². The van der Waals surface area contributed by atoms with Gasteiger partial charge in [0.2, 0.25) is 5.91 Å². The van der Waals surface area contributed by atoms with Gasteiger partial charge in [0.05, 0.1) is 17.5 Å². The molecule has 0 aliphatic carbocycles. The number of carbonyl (C=O) groups is 1. The average molecular weight is 275 g/mol. The van der Waals surface area contributed by atoms with E-state index in [0.29, 0.717) is 18.2 Å². The number of rotatable bonds is 4. The number of benzene rings is 1. The van der Waals surface area contributed by atoms with Gasteiger partial charge in [-0.15, -0.1) is 0 Å². The molecule has 4 N–H and O–H groups in total. The molecule has 3 rings (SSSR count). The van der Waals surface area contributed by atoms with Crippen molar-refractivity contribution in [3.63, 3.8) is 0 Å². The highest BCUT2D eigenvalue weighted by Gasteiger charge is 2.17. The lowest BCUT2D eigenvalue weighted by Gasteiger charge is -2.20. The molecule has 1 unspecified atom stereocenters. The van der Waals surface area contributed by atoms with E-state index in [0.717, 1.165) is 49.4 Å². The minimum Gasteiger partial charge on any atom is -0.397 e. The molecule has 5 nitrogen and oxygen atoms in total. The van der Waals surface area contributed by atoms with Gasteiger partial charge in [-0.1, -0.05) is 0 Å². The molecule has 20 heavy (non-hydrogen) atoms. The summed E-state index contributed by atoms with van der Waals surface area (Å²) in [7, 11) is 0. The van der Waals surface area contributed by atoms with Crippen molar-refractivity contribution in [2.75, 3.05) is 29.5 Å². The lowest BCUT2D eigenvalue weighted by molar-refractivity contribution is -0.116. The van der Waals surface area contributed by atoms with Gasteiger partial charge in [0, 0.05) is 25.3 Å². The normalized spacial score (nSPS) is 21.4. The molecule has 2 heterocycles. The highest BCUT2D eigenvalue weighted by atomic mass is 16.5. The number of aryl methyl sites for hydroxylation is 1. The maximum absolute atomic E-state index is 11.4. The highest BCUT2D eigenvalue weighted by molar-refractivity contribution is 5.95. The smallest absolute Gasteiger partial charge is 0.224 e. The molecule has 108 valence electrons. The number of ether oxygens (including phenoxy) is 1. The summed E-state index contributed by atoms with van der Waals surface area (Å²) in [5.74, 6) is 0.0657. The molecule has 1 aromatic carbocycles. The van der Waals surface area contributed by atoms with E-state index in [1.54, 1.807) is 0 Å². The zero-order chi connectivity index (χ0) is 13.9. The molecule has 1 aromatic rings. The first-order chi connectivity index (χ1) is 9.72. The zero-order valence-electron chi connectivity index (χ0n) is 11.6. The Bertz CT molecular complexity index is 510. The van der Waals surface area contributed by atoms with Gasteiger partial charge in [0.25, 0.3) is 0 Å². The van der Waals surface area contributed by atoms with Gasteiger partial charge < -0.3 is 21.1 Å². The Kier molecular flexibility index (Phi) is 3.78. The van der Waals surface area contributed by atoms with E-state index in [-0.39, 0.29) is 5.91 Å². The van der Waals surface area contributed by atoms with Crippen molar-refractivity contribution in [1.82, 2.24) is 0 Å². The molecule has 1 atom stereocenters. The first-order valence-electron chi connectivity index (χ1n) is 7.30. The third-order valence-electron chi connectivity index (χ3n) is 3.98. The predicted octanol–water partition coefficient (Wildman–Crippen LogP) is 2.13. The molecular formula is C15H21N3O2. The summed E-state index contributed by atoms with van der Waals surface area (Å²) in [5, 5.41) is 6.25. The van der Waals surface area contributed by atoms with E-state index in [1.165, 1.54) is 6.42 Å². The van der Waals surface area contributed by atoms with Crippen LogP contribution in [-0.4, -0.2) is 25.2 Å². The third kappa shape index (κ3) is 2.88. The zero-order valence-corrected chi connectivity index (χ0v) is 11.6. The Balaban J connectivity index is 1.62. The largest absolute Gasteiger partial charge is 0.397 e. The second-order valence-corrected chi connectivity index (χ2v) is 5.50. The molecule has 0 saturated carbocycles. The molecule has 2 aliphatic heterocycles. The van der Waals surface area contributed by atoms with Crippen LogP contribution in [0.3, 0.4) is 0 Å². The summed E-state index contributed by atoms with van der Waals surface area (Å²) < 4.78 is 5.60. The van der Waals surface area contributed by atoms with Crippen LogP contribution in [0.15, 0.2) is 12.1 Å². The van der Waals surface area contributed by atoms with Crippen molar-refractivity contribution in [3.05, 3.63) is 17.7 Å². The van der Waals surface area contributed by atoms with Crippen LogP contribution in [0.1, 0.15) is 31.2 Å². The summed E-state index contributed by atoms with van der Waals surface area (Å²) >= 11 is 0. The molecule has 0 bridgehead atoms. The third-order valence-corrected chi connectivity index (χ3v) is 3.98. The Hall–Kier alpha value is -1.75. The van der Waals surface area contributed by atoms with Crippen LogP contribution in [-0.2, 0) is 16.0 Å². The van der Waals surface area contributed by atoms with Gasteiger partial charge in [-0.25, -0.2) is 0 Å². The molecule has 0 aromatic heterocycles. The van der Waals surface area contributed by atoms with Gasteiger partial charge in [0.1, 0.15) is 0 Å². The number of carbonyl (C=O) groups excluding carboxylic acids is 1. The fraction of sp³-hybridized carbons (Fsp3) is 0.533. The van der Waals surface area contributed by atoms with Crippen LogP contribution >= 0.6 is 0 Å². The van der Waals surface area contributed by atoms with Crippen molar-refractivity contribution in [2.45, 2.75) is 38.2 Å². The molecular weight excluding hydrogens is 254 g/mol. The van der Waals surface area contributed by atoms with Crippen LogP contribution in [0.4, 0.5) is 17.1 Å². The Morgan fingerprint density at radius 1 is 1.40 bits per heavy atom. The van der Waals surface area contributed by atoms with Gasteiger partial charge in [0.15, 0.2) is 0 Å². The van der Waals surface area contributed by atoms with Crippen LogP contribution in [0.2, 0.25) is 0 Å². The maximum Gasteiger partial charge on any atom is 0.224 e. The summed E-state index contributed by atoms with van der Waals surface area (Å²) in [6.45, 7) is 1.76. The van der Waals surface area contributed by atoms with Crippen LogP contribution in [0.25, 0.3) is 0 Å². The number of anilines is 3. The molecule has 0 radical (unpaired) electrons. The molecule has 1 amide bonds. The topological polar surface area (TPSA) is 76.4 Å². The lowest BCUT2D eigenvalue weighted by Crippen LogP contribution is -2.20. The van der Waals surface area contributed by atoms with Crippen molar-refractivity contribution in [1.29, 1.82) is 0 Å². The summed E-state index contributed by atoms with van der Waals surface area (Å²) in [4.78, 5) is 11.4. The number of nitrogens with two attached hydrogens (primary N) is 1.